The molecule has 0 aliphatic heterocycles. The number of fused-ring (bicyclic) bond motifs is 3. The van der Waals surface area contributed by atoms with Crippen LogP contribution in [0.3, 0.4) is 0 Å². The van der Waals surface area contributed by atoms with Crippen molar-refractivity contribution < 1.29 is 14.3 Å². The zero-order valence-corrected chi connectivity index (χ0v) is 18.3. The lowest BCUT2D eigenvalue weighted by molar-refractivity contribution is 0.0973. The van der Waals surface area contributed by atoms with Gasteiger partial charge in [0.15, 0.2) is 11.6 Å². The maximum Gasteiger partial charge on any atom is 0.193 e. The largest absolute Gasteiger partial charge is 0.497 e. The fraction of sp³-hybridized carbons (Fsp3) is 0.286. The van der Waals surface area contributed by atoms with Gasteiger partial charge in [-0.2, -0.15) is 0 Å². The lowest BCUT2D eigenvalue weighted by atomic mass is 9.96. The van der Waals surface area contributed by atoms with E-state index in [1.165, 1.54) is 25.7 Å². The molecule has 4 aromatic rings. The molecule has 0 amide bonds. The zero-order valence-electron chi connectivity index (χ0n) is 18.3. The van der Waals surface area contributed by atoms with E-state index in [0.29, 0.717) is 23.5 Å². The number of Topliss-reactive ketones (excluding diaryl/α,β-unsaturated/α-hetero) is 1. The summed E-state index contributed by atoms with van der Waals surface area (Å²) in [5.74, 6) is 1.60. The van der Waals surface area contributed by atoms with Gasteiger partial charge in [-0.05, 0) is 73.0 Å². The third-order valence-electron chi connectivity index (χ3n) is 6.79. The van der Waals surface area contributed by atoms with E-state index in [1.807, 2.05) is 36.4 Å². The standard InChI is InChI=1S/C28H27NO3/c1-32-22-11-7-19(8-12-22)28(31)21-10-14-26-24(17-21)23-16-20(9-13-25(23)29-26)27(30)15-6-18-4-2-3-5-18/h7-14,16-18,29H,2-6,15H2,1H3. The molecule has 1 heterocycles. The number of hydrogen-bond donors (Lipinski definition) is 1. The highest BCUT2D eigenvalue weighted by Crippen LogP contribution is 2.31. The monoisotopic (exact) mass is 425 g/mol. The molecular formula is C28H27NO3. The fourth-order valence-corrected chi connectivity index (χ4v) is 4.90. The van der Waals surface area contributed by atoms with Crippen LogP contribution in [0.25, 0.3) is 21.8 Å². The Labute approximate surface area is 187 Å². The Morgan fingerprint density at radius 3 is 2.09 bits per heavy atom. The summed E-state index contributed by atoms with van der Waals surface area (Å²) in [6, 6.07) is 18.7. The first-order valence-corrected chi connectivity index (χ1v) is 11.4. The van der Waals surface area contributed by atoms with Crippen molar-refractivity contribution in [3.8, 4) is 5.75 Å². The minimum atomic E-state index is -0.0345. The van der Waals surface area contributed by atoms with Gasteiger partial charge < -0.3 is 9.72 Å². The molecule has 162 valence electrons. The number of rotatable bonds is 7. The summed E-state index contributed by atoms with van der Waals surface area (Å²) < 4.78 is 5.18. The smallest absolute Gasteiger partial charge is 0.193 e. The molecule has 1 N–H and O–H groups in total. The van der Waals surface area contributed by atoms with Crippen molar-refractivity contribution in [2.75, 3.05) is 7.11 Å². The highest BCUT2D eigenvalue weighted by molar-refractivity contribution is 6.15. The summed E-state index contributed by atoms with van der Waals surface area (Å²) in [6.07, 6.45) is 6.74. The molecule has 5 rings (SSSR count). The third-order valence-corrected chi connectivity index (χ3v) is 6.79. The van der Waals surface area contributed by atoms with Gasteiger partial charge in [-0.15, -0.1) is 0 Å². The number of carbonyl (C=O) groups excluding carboxylic acids is 2. The summed E-state index contributed by atoms with van der Waals surface area (Å²) in [4.78, 5) is 29.3. The first kappa shape index (κ1) is 20.5. The number of hydrogen-bond acceptors (Lipinski definition) is 3. The predicted octanol–water partition coefficient (Wildman–Crippen LogP) is 6.71. The Balaban J connectivity index is 1.44. The Morgan fingerprint density at radius 1 is 0.844 bits per heavy atom. The Morgan fingerprint density at radius 2 is 1.44 bits per heavy atom. The van der Waals surface area contributed by atoms with Crippen LogP contribution < -0.4 is 4.74 Å². The molecule has 3 aromatic carbocycles. The number of benzene rings is 3. The second-order valence-corrected chi connectivity index (χ2v) is 8.82. The Kier molecular flexibility index (Phi) is 5.52. The van der Waals surface area contributed by atoms with E-state index < -0.39 is 0 Å². The van der Waals surface area contributed by atoms with Gasteiger partial charge in [0.1, 0.15) is 5.75 Å². The molecule has 1 aliphatic carbocycles. The molecule has 0 saturated heterocycles. The molecule has 32 heavy (non-hydrogen) atoms. The van der Waals surface area contributed by atoms with E-state index in [2.05, 4.69) is 4.98 Å². The number of carbonyl (C=O) groups is 2. The van der Waals surface area contributed by atoms with Crippen LogP contribution in [0.5, 0.6) is 5.75 Å². The zero-order chi connectivity index (χ0) is 22.1. The van der Waals surface area contributed by atoms with E-state index >= 15 is 0 Å². The highest BCUT2D eigenvalue weighted by atomic mass is 16.5. The van der Waals surface area contributed by atoms with Crippen molar-refractivity contribution in [2.24, 2.45) is 5.92 Å². The van der Waals surface area contributed by atoms with E-state index in [9.17, 15) is 9.59 Å². The number of H-pyrrole nitrogens is 1. The number of nitrogens with one attached hydrogen (secondary N) is 1. The minimum absolute atomic E-state index is 0.0345. The molecule has 4 heteroatoms. The molecule has 0 bridgehead atoms. The molecule has 1 aliphatic rings. The van der Waals surface area contributed by atoms with E-state index in [-0.39, 0.29) is 11.6 Å². The second-order valence-electron chi connectivity index (χ2n) is 8.82. The van der Waals surface area contributed by atoms with Gasteiger partial charge in [0.2, 0.25) is 0 Å². The molecule has 0 radical (unpaired) electrons. The van der Waals surface area contributed by atoms with Crippen LogP contribution in [-0.4, -0.2) is 23.7 Å². The molecule has 1 saturated carbocycles. The average Bonchev–Trinajstić information content (AvgIpc) is 3.49. The normalized spacial score (nSPS) is 14.3. The lowest BCUT2D eigenvalue weighted by Crippen LogP contribution is -2.03. The van der Waals surface area contributed by atoms with Gasteiger partial charge >= 0.3 is 0 Å². The van der Waals surface area contributed by atoms with Crippen LogP contribution in [0.15, 0.2) is 60.7 Å². The van der Waals surface area contributed by atoms with Gasteiger partial charge in [-0.3, -0.25) is 9.59 Å². The molecule has 0 atom stereocenters. The lowest BCUT2D eigenvalue weighted by Gasteiger charge is -2.08. The number of ketones is 2. The Hall–Kier alpha value is -3.40. The van der Waals surface area contributed by atoms with E-state index in [1.54, 1.807) is 31.4 Å². The topological polar surface area (TPSA) is 59.2 Å². The van der Waals surface area contributed by atoms with Crippen LogP contribution in [0, 0.1) is 5.92 Å². The molecule has 1 aromatic heterocycles. The van der Waals surface area contributed by atoms with Crippen molar-refractivity contribution in [1.29, 1.82) is 0 Å². The SMILES string of the molecule is COc1ccc(C(=O)c2ccc3[nH]c4ccc(C(=O)CCC5CCCC5)cc4c3c2)cc1. The molecule has 0 spiro atoms. The van der Waals surface area contributed by atoms with Gasteiger partial charge in [-0.25, -0.2) is 0 Å². The number of ether oxygens (including phenoxy) is 1. The predicted molar refractivity (Wildman–Crippen MR) is 128 cm³/mol. The van der Waals surface area contributed by atoms with Crippen LogP contribution in [0.1, 0.15) is 64.8 Å². The summed E-state index contributed by atoms with van der Waals surface area (Å²) in [6.45, 7) is 0. The number of methoxy groups -OCH3 is 1. The molecule has 0 unspecified atom stereocenters. The van der Waals surface area contributed by atoms with Crippen molar-refractivity contribution >= 4 is 33.4 Å². The quantitative estimate of drug-likeness (QED) is 0.335. The van der Waals surface area contributed by atoms with Crippen molar-refractivity contribution in [1.82, 2.24) is 4.98 Å². The average molecular weight is 426 g/mol. The van der Waals surface area contributed by atoms with Crippen LogP contribution >= 0.6 is 0 Å². The molecule has 1 fully saturated rings. The minimum Gasteiger partial charge on any atom is -0.497 e. The van der Waals surface area contributed by atoms with Crippen molar-refractivity contribution in [3.63, 3.8) is 0 Å². The number of aromatic amines is 1. The van der Waals surface area contributed by atoms with Gasteiger partial charge in [0, 0.05) is 44.9 Å². The summed E-state index contributed by atoms with van der Waals surface area (Å²) in [7, 11) is 1.61. The summed E-state index contributed by atoms with van der Waals surface area (Å²) in [5, 5.41) is 1.95. The maximum absolute atomic E-state index is 13.0. The van der Waals surface area contributed by atoms with Gasteiger partial charge in [0.25, 0.3) is 0 Å². The van der Waals surface area contributed by atoms with Gasteiger partial charge in [0.05, 0.1) is 7.11 Å². The van der Waals surface area contributed by atoms with Crippen LogP contribution in [-0.2, 0) is 0 Å². The van der Waals surface area contributed by atoms with Crippen LogP contribution in [0.2, 0.25) is 0 Å². The second kappa shape index (κ2) is 8.62. The summed E-state index contributed by atoms with van der Waals surface area (Å²) in [5.41, 5.74) is 3.93. The molecule has 4 nitrogen and oxygen atoms in total. The van der Waals surface area contributed by atoms with Gasteiger partial charge in [-0.1, -0.05) is 25.7 Å². The first-order valence-electron chi connectivity index (χ1n) is 11.4. The van der Waals surface area contributed by atoms with E-state index in [4.69, 9.17) is 4.74 Å². The maximum atomic E-state index is 13.0. The van der Waals surface area contributed by atoms with Crippen molar-refractivity contribution in [2.45, 2.75) is 38.5 Å². The van der Waals surface area contributed by atoms with Crippen molar-refractivity contribution in [3.05, 3.63) is 77.4 Å². The first-order chi connectivity index (χ1) is 15.6. The molecular weight excluding hydrogens is 398 g/mol. The third kappa shape index (κ3) is 3.93. The van der Waals surface area contributed by atoms with E-state index in [0.717, 1.165) is 39.5 Å². The Bertz CT molecular complexity index is 1290. The van der Waals surface area contributed by atoms with Crippen LogP contribution in [0.4, 0.5) is 0 Å². The number of aromatic nitrogens is 1. The summed E-state index contributed by atoms with van der Waals surface area (Å²) >= 11 is 0. The highest BCUT2D eigenvalue weighted by Gasteiger charge is 2.18. The fourth-order valence-electron chi connectivity index (χ4n) is 4.90.